The molecule has 28 heavy (non-hydrogen) atoms. The lowest BCUT2D eigenvalue weighted by Gasteiger charge is -2.22. The molecule has 1 saturated carbocycles. The van der Waals surface area contributed by atoms with Gasteiger partial charge >= 0.3 is 6.03 Å². The van der Waals surface area contributed by atoms with Crippen LogP contribution in [0.3, 0.4) is 0 Å². The topological polar surface area (TPSA) is 57.5 Å². The Hall–Kier alpha value is -3.28. The summed E-state index contributed by atoms with van der Waals surface area (Å²) >= 11 is 0. The van der Waals surface area contributed by atoms with Crippen molar-refractivity contribution in [3.8, 4) is 11.3 Å². The number of hydrogen-bond donors (Lipinski definition) is 2. The number of carbonyl (C=O) groups is 1. The molecule has 0 unspecified atom stereocenters. The normalized spacial score (nSPS) is 22.6. The summed E-state index contributed by atoms with van der Waals surface area (Å²) in [6, 6.07) is 17.9. The lowest BCUT2D eigenvalue weighted by atomic mass is 10.1. The minimum Gasteiger partial charge on any atom is -0.464 e. The van der Waals surface area contributed by atoms with Crippen molar-refractivity contribution < 1.29 is 13.6 Å². The molecular formula is C22H20FN3O2. The lowest BCUT2D eigenvalue weighted by Crippen LogP contribution is -2.37. The summed E-state index contributed by atoms with van der Waals surface area (Å²) in [7, 11) is 0. The van der Waals surface area contributed by atoms with E-state index >= 15 is 0 Å². The number of fused-ring (bicyclic) bond motifs is 1. The molecule has 1 aromatic heterocycles. The fourth-order valence-corrected chi connectivity index (χ4v) is 4.11. The Morgan fingerprint density at radius 1 is 1.04 bits per heavy atom. The Bertz CT molecular complexity index is 975. The summed E-state index contributed by atoms with van der Waals surface area (Å²) in [5.74, 6) is 1.44. The number of anilines is 2. The molecule has 2 heterocycles. The molecule has 0 spiro atoms. The molecule has 0 bridgehead atoms. The fourth-order valence-electron chi connectivity index (χ4n) is 4.11. The molecule has 2 aromatic carbocycles. The van der Waals surface area contributed by atoms with Crippen molar-refractivity contribution in [2.75, 3.05) is 23.3 Å². The Morgan fingerprint density at radius 2 is 1.82 bits per heavy atom. The number of carbonyl (C=O) groups excluding carboxylic acids is 1. The first-order valence-electron chi connectivity index (χ1n) is 9.39. The van der Waals surface area contributed by atoms with E-state index in [1.807, 2.05) is 36.4 Å². The van der Waals surface area contributed by atoms with Crippen LogP contribution in [0.2, 0.25) is 0 Å². The van der Waals surface area contributed by atoms with Crippen molar-refractivity contribution in [3.05, 3.63) is 72.7 Å². The van der Waals surface area contributed by atoms with Gasteiger partial charge in [0.15, 0.2) is 0 Å². The highest BCUT2D eigenvalue weighted by atomic mass is 19.1. The number of hydrogen-bond acceptors (Lipinski definition) is 3. The summed E-state index contributed by atoms with van der Waals surface area (Å²) in [4.78, 5) is 14.6. The second-order valence-corrected chi connectivity index (χ2v) is 7.39. The number of urea groups is 1. The van der Waals surface area contributed by atoms with E-state index in [1.165, 1.54) is 12.1 Å². The Labute approximate surface area is 162 Å². The van der Waals surface area contributed by atoms with Gasteiger partial charge in [-0.2, -0.15) is 0 Å². The molecular weight excluding hydrogens is 357 g/mol. The van der Waals surface area contributed by atoms with Gasteiger partial charge in [0, 0.05) is 47.9 Å². The highest BCUT2D eigenvalue weighted by Gasteiger charge is 2.56. The van der Waals surface area contributed by atoms with Gasteiger partial charge in [0.2, 0.25) is 0 Å². The van der Waals surface area contributed by atoms with Crippen molar-refractivity contribution in [2.45, 2.75) is 6.04 Å². The van der Waals surface area contributed by atoms with Gasteiger partial charge in [-0.3, -0.25) is 0 Å². The predicted octanol–water partition coefficient (Wildman–Crippen LogP) is 4.34. The number of furan rings is 1. The molecule has 5 nitrogen and oxygen atoms in total. The van der Waals surface area contributed by atoms with E-state index in [-0.39, 0.29) is 17.9 Å². The summed E-state index contributed by atoms with van der Waals surface area (Å²) in [6.07, 6.45) is 1.63. The van der Waals surface area contributed by atoms with Gasteiger partial charge in [-0.15, -0.1) is 0 Å². The van der Waals surface area contributed by atoms with Crippen molar-refractivity contribution in [1.29, 1.82) is 0 Å². The first-order chi connectivity index (χ1) is 13.7. The molecule has 2 N–H and O–H groups in total. The molecule has 2 amide bonds. The lowest BCUT2D eigenvalue weighted by molar-refractivity contribution is 0.250. The zero-order chi connectivity index (χ0) is 19.1. The predicted molar refractivity (Wildman–Crippen MR) is 106 cm³/mol. The highest BCUT2D eigenvalue weighted by molar-refractivity contribution is 5.90. The largest absolute Gasteiger partial charge is 0.464 e. The van der Waals surface area contributed by atoms with E-state index in [2.05, 4.69) is 15.5 Å². The molecule has 5 rings (SSSR count). The maximum Gasteiger partial charge on any atom is 0.319 e. The van der Waals surface area contributed by atoms with Crippen molar-refractivity contribution in [1.82, 2.24) is 5.32 Å². The average Bonchev–Trinajstić information content (AvgIpc) is 3.14. The van der Waals surface area contributed by atoms with E-state index in [1.54, 1.807) is 18.4 Å². The molecule has 142 valence electrons. The van der Waals surface area contributed by atoms with Crippen LogP contribution in [0.25, 0.3) is 11.3 Å². The van der Waals surface area contributed by atoms with Crippen molar-refractivity contribution in [3.63, 3.8) is 0 Å². The van der Waals surface area contributed by atoms with Gasteiger partial charge in [0.1, 0.15) is 11.6 Å². The number of rotatable bonds is 4. The zero-order valence-electron chi connectivity index (χ0n) is 15.1. The zero-order valence-corrected chi connectivity index (χ0v) is 15.1. The summed E-state index contributed by atoms with van der Waals surface area (Å²) < 4.78 is 18.5. The molecule has 1 aliphatic heterocycles. The summed E-state index contributed by atoms with van der Waals surface area (Å²) in [6.45, 7) is 1.77. The van der Waals surface area contributed by atoms with Gasteiger partial charge in [0.25, 0.3) is 0 Å². The quantitative estimate of drug-likeness (QED) is 0.711. The van der Waals surface area contributed by atoms with E-state index in [0.717, 1.165) is 35.8 Å². The number of benzene rings is 2. The molecule has 2 aliphatic rings. The molecule has 3 atom stereocenters. The third-order valence-electron chi connectivity index (χ3n) is 5.61. The van der Waals surface area contributed by atoms with Crippen LogP contribution >= 0.6 is 0 Å². The van der Waals surface area contributed by atoms with Gasteiger partial charge in [-0.1, -0.05) is 12.1 Å². The van der Waals surface area contributed by atoms with E-state index in [0.29, 0.717) is 11.8 Å². The first kappa shape index (κ1) is 16.9. The van der Waals surface area contributed by atoms with E-state index in [9.17, 15) is 9.18 Å². The minimum atomic E-state index is -0.222. The number of nitrogens with one attached hydrogen (secondary N) is 2. The molecule has 0 radical (unpaired) electrons. The number of amides is 2. The van der Waals surface area contributed by atoms with Crippen molar-refractivity contribution in [2.24, 2.45) is 11.8 Å². The third kappa shape index (κ3) is 3.22. The smallest absolute Gasteiger partial charge is 0.319 e. The highest BCUT2D eigenvalue weighted by Crippen LogP contribution is 2.46. The van der Waals surface area contributed by atoms with Crippen LogP contribution in [-0.4, -0.2) is 25.2 Å². The standard InChI is InChI=1S/C22H20FN3O2/c23-15-6-8-17(9-7-15)26-12-18-19(13-26)21(18)25-22(27)24-16-4-1-3-14(11-16)20-5-2-10-28-20/h1-11,18-19,21H,12-13H2,(H2,24,25,27)/t18-,19+,21+. The molecule has 1 saturated heterocycles. The van der Waals surface area contributed by atoms with Gasteiger partial charge in [0.05, 0.1) is 6.26 Å². The van der Waals surface area contributed by atoms with Gasteiger partial charge in [-0.25, -0.2) is 9.18 Å². The molecule has 3 aromatic rings. The van der Waals surface area contributed by atoms with Crippen molar-refractivity contribution >= 4 is 17.4 Å². The van der Waals surface area contributed by atoms with Crippen LogP contribution in [-0.2, 0) is 0 Å². The van der Waals surface area contributed by atoms with Gasteiger partial charge in [-0.05, 0) is 48.5 Å². The second-order valence-electron chi connectivity index (χ2n) is 7.39. The number of halogens is 1. The maximum absolute atomic E-state index is 13.1. The average molecular weight is 377 g/mol. The monoisotopic (exact) mass is 377 g/mol. The third-order valence-corrected chi connectivity index (χ3v) is 5.61. The van der Waals surface area contributed by atoms with Crippen LogP contribution < -0.4 is 15.5 Å². The molecule has 6 heteroatoms. The maximum atomic E-state index is 13.1. The number of nitrogens with zero attached hydrogens (tertiary/aromatic N) is 1. The summed E-state index contributed by atoms with van der Waals surface area (Å²) in [5.41, 5.74) is 2.68. The van der Waals surface area contributed by atoms with Crippen LogP contribution in [0.15, 0.2) is 71.3 Å². The van der Waals surface area contributed by atoms with Crippen LogP contribution in [0, 0.1) is 17.7 Å². The Morgan fingerprint density at radius 3 is 2.54 bits per heavy atom. The van der Waals surface area contributed by atoms with E-state index in [4.69, 9.17) is 4.42 Å². The van der Waals surface area contributed by atoms with Crippen LogP contribution in [0.4, 0.5) is 20.6 Å². The SMILES string of the molecule is O=C(Nc1cccc(-c2ccco2)c1)N[C@H]1[C@@H]2CN(c3ccc(F)cc3)C[C@@H]21. The fraction of sp³-hybridized carbons (Fsp3) is 0.227. The Kier molecular flexibility index (Phi) is 4.04. The molecule has 1 aliphatic carbocycles. The second kappa shape index (κ2) is 6.71. The first-order valence-corrected chi connectivity index (χ1v) is 9.39. The van der Waals surface area contributed by atoms with Gasteiger partial charge < -0.3 is 20.0 Å². The minimum absolute atomic E-state index is 0.190. The molecule has 2 fully saturated rings. The number of piperidine rings is 1. The van der Waals surface area contributed by atoms with E-state index < -0.39 is 0 Å². The summed E-state index contributed by atoms with van der Waals surface area (Å²) in [5, 5.41) is 5.99. The Balaban J connectivity index is 1.15. The van der Waals surface area contributed by atoms with Crippen LogP contribution in [0.1, 0.15) is 0 Å². The van der Waals surface area contributed by atoms with Crippen LogP contribution in [0.5, 0.6) is 0 Å².